The molecule has 0 saturated carbocycles. The predicted molar refractivity (Wildman–Crippen MR) is 61.1 cm³/mol. The average molecular weight is 246 g/mol. The molecular formula is C11H18O4S. The molecule has 0 aromatic carbocycles. The molecular weight excluding hydrogens is 228 g/mol. The highest BCUT2D eigenvalue weighted by atomic mass is 32.2. The molecule has 0 atom stereocenters. The molecule has 0 amide bonds. The largest absolute Gasteiger partial charge is 0.465 e. The van der Waals surface area contributed by atoms with Gasteiger partial charge in [0.25, 0.3) is 10.1 Å². The molecule has 0 aliphatic heterocycles. The molecule has 0 aliphatic rings. The van der Waals surface area contributed by atoms with Gasteiger partial charge in [0.05, 0.1) is 0 Å². The molecule has 0 fully saturated rings. The van der Waals surface area contributed by atoms with Gasteiger partial charge in [0, 0.05) is 18.9 Å². The lowest BCUT2D eigenvalue weighted by atomic mass is 10.2. The second-order valence-corrected chi connectivity index (χ2v) is 5.18. The van der Waals surface area contributed by atoms with Crippen molar-refractivity contribution in [3.05, 3.63) is 17.6 Å². The van der Waals surface area contributed by atoms with E-state index in [0.717, 1.165) is 19.3 Å². The van der Waals surface area contributed by atoms with Crippen LogP contribution in [0.3, 0.4) is 0 Å². The molecule has 5 heteroatoms. The fraction of sp³-hybridized carbons (Fsp3) is 0.636. The van der Waals surface area contributed by atoms with E-state index in [0.29, 0.717) is 24.4 Å². The highest BCUT2D eigenvalue weighted by molar-refractivity contribution is 7.85. The Balaban J connectivity index is 2.93. The zero-order valence-electron chi connectivity index (χ0n) is 9.69. The Morgan fingerprint density at radius 1 is 1.31 bits per heavy atom. The van der Waals surface area contributed by atoms with Gasteiger partial charge in [-0.3, -0.25) is 4.55 Å². The van der Waals surface area contributed by atoms with Gasteiger partial charge in [0.1, 0.15) is 16.4 Å². The SMILES string of the molecule is CCCCCc1oc(CC)cc1S(=O)(=O)O. The van der Waals surface area contributed by atoms with Gasteiger partial charge >= 0.3 is 0 Å². The van der Waals surface area contributed by atoms with E-state index < -0.39 is 10.1 Å². The average Bonchev–Trinajstić information content (AvgIpc) is 2.61. The molecule has 0 unspecified atom stereocenters. The molecule has 0 aliphatic carbocycles. The molecule has 4 nitrogen and oxygen atoms in total. The molecule has 16 heavy (non-hydrogen) atoms. The van der Waals surface area contributed by atoms with Crippen LogP contribution in [0.1, 0.15) is 44.6 Å². The first-order valence-corrected chi connectivity index (χ1v) is 7.02. The first-order chi connectivity index (χ1) is 7.49. The van der Waals surface area contributed by atoms with Crippen LogP contribution in [0.15, 0.2) is 15.4 Å². The van der Waals surface area contributed by atoms with Crippen molar-refractivity contribution in [2.24, 2.45) is 0 Å². The first kappa shape index (κ1) is 13.3. The highest BCUT2D eigenvalue weighted by Crippen LogP contribution is 2.23. The van der Waals surface area contributed by atoms with Gasteiger partial charge in [-0.25, -0.2) is 0 Å². The van der Waals surface area contributed by atoms with E-state index >= 15 is 0 Å². The van der Waals surface area contributed by atoms with Crippen molar-refractivity contribution in [3.8, 4) is 0 Å². The Hall–Kier alpha value is -0.810. The second-order valence-electron chi connectivity index (χ2n) is 3.79. The van der Waals surface area contributed by atoms with Crippen molar-refractivity contribution in [2.45, 2.75) is 50.8 Å². The zero-order valence-corrected chi connectivity index (χ0v) is 10.5. The van der Waals surface area contributed by atoms with E-state index in [4.69, 9.17) is 8.97 Å². The van der Waals surface area contributed by atoms with Gasteiger partial charge in [0.2, 0.25) is 0 Å². The normalized spacial score (nSPS) is 11.9. The minimum absolute atomic E-state index is 0.0690. The third kappa shape index (κ3) is 3.35. The van der Waals surface area contributed by atoms with E-state index in [9.17, 15) is 8.42 Å². The highest BCUT2D eigenvalue weighted by Gasteiger charge is 2.20. The summed E-state index contributed by atoms with van der Waals surface area (Å²) < 4.78 is 36.7. The molecule has 92 valence electrons. The summed E-state index contributed by atoms with van der Waals surface area (Å²) in [6, 6.07) is 1.41. The lowest BCUT2D eigenvalue weighted by Gasteiger charge is -1.99. The summed E-state index contributed by atoms with van der Waals surface area (Å²) in [4.78, 5) is -0.0690. The molecule has 1 rings (SSSR count). The molecule has 1 aromatic rings. The Labute approximate surface area is 96.4 Å². The molecule has 0 saturated heterocycles. The van der Waals surface area contributed by atoms with Gasteiger partial charge in [-0.15, -0.1) is 0 Å². The van der Waals surface area contributed by atoms with Crippen LogP contribution in [0.25, 0.3) is 0 Å². The number of hydrogen-bond acceptors (Lipinski definition) is 3. The van der Waals surface area contributed by atoms with Gasteiger partial charge in [-0.1, -0.05) is 26.7 Å². The van der Waals surface area contributed by atoms with Crippen LogP contribution in [-0.4, -0.2) is 13.0 Å². The standard InChI is InChI=1S/C11H18O4S/c1-3-5-6-7-10-11(16(12,13)14)8-9(4-2)15-10/h8H,3-7H2,1-2H3,(H,12,13,14). The summed E-state index contributed by atoms with van der Waals surface area (Å²) in [7, 11) is -4.15. The Bertz CT molecular complexity index is 431. The van der Waals surface area contributed by atoms with Gasteiger partial charge in [-0.2, -0.15) is 8.42 Å². The summed E-state index contributed by atoms with van der Waals surface area (Å²) in [6.45, 7) is 3.95. The van der Waals surface area contributed by atoms with Crippen molar-refractivity contribution in [1.29, 1.82) is 0 Å². The Kier molecular flexibility index (Phi) is 4.56. The third-order valence-corrected chi connectivity index (χ3v) is 3.36. The molecule has 1 N–H and O–H groups in total. The van der Waals surface area contributed by atoms with Crippen molar-refractivity contribution < 1.29 is 17.4 Å². The van der Waals surface area contributed by atoms with Crippen molar-refractivity contribution in [1.82, 2.24) is 0 Å². The maximum absolute atomic E-state index is 11.1. The van der Waals surface area contributed by atoms with Crippen LogP contribution in [0, 0.1) is 0 Å². The number of unbranched alkanes of at least 4 members (excludes halogenated alkanes) is 2. The number of aryl methyl sites for hydroxylation is 2. The molecule has 0 bridgehead atoms. The van der Waals surface area contributed by atoms with Crippen molar-refractivity contribution >= 4 is 10.1 Å². The van der Waals surface area contributed by atoms with Gasteiger partial charge in [0.15, 0.2) is 0 Å². The van der Waals surface area contributed by atoms with E-state index in [1.54, 1.807) is 0 Å². The summed E-state index contributed by atoms with van der Waals surface area (Å²) in [6.07, 6.45) is 4.13. The molecule has 1 aromatic heterocycles. The minimum Gasteiger partial charge on any atom is -0.465 e. The molecule has 1 heterocycles. The summed E-state index contributed by atoms with van der Waals surface area (Å²) in [5, 5.41) is 0. The molecule has 0 spiro atoms. The van der Waals surface area contributed by atoms with Crippen molar-refractivity contribution in [3.63, 3.8) is 0 Å². The van der Waals surface area contributed by atoms with E-state index in [-0.39, 0.29) is 4.90 Å². The van der Waals surface area contributed by atoms with Gasteiger partial charge in [-0.05, 0) is 6.42 Å². The Morgan fingerprint density at radius 3 is 2.50 bits per heavy atom. The maximum atomic E-state index is 11.1. The van der Waals surface area contributed by atoms with Crippen LogP contribution in [0.4, 0.5) is 0 Å². The smallest absolute Gasteiger partial charge is 0.298 e. The lowest BCUT2D eigenvalue weighted by Crippen LogP contribution is -2.00. The summed E-state index contributed by atoms with van der Waals surface area (Å²) in [5.41, 5.74) is 0. The van der Waals surface area contributed by atoms with E-state index in [1.165, 1.54) is 6.07 Å². The van der Waals surface area contributed by atoms with Crippen LogP contribution in [0.2, 0.25) is 0 Å². The topological polar surface area (TPSA) is 67.5 Å². The lowest BCUT2D eigenvalue weighted by molar-refractivity contribution is 0.444. The quantitative estimate of drug-likeness (QED) is 0.619. The zero-order chi connectivity index (χ0) is 12.2. The fourth-order valence-corrected chi connectivity index (χ4v) is 2.28. The number of rotatable bonds is 6. The summed E-state index contributed by atoms with van der Waals surface area (Å²) >= 11 is 0. The third-order valence-electron chi connectivity index (χ3n) is 2.45. The van der Waals surface area contributed by atoms with Crippen LogP contribution in [-0.2, 0) is 23.0 Å². The monoisotopic (exact) mass is 246 g/mol. The van der Waals surface area contributed by atoms with Crippen LogP contribution >= 0.6 is 0 Å². The maximum Gasteiger partial charge on any atom is 0.298 e. The molecule has 0 radical (unpaired) electrons. The first-order valence-electron chi connectivity index (χ1n) is 5.58. The number of furan rings is 1. The second kappa shape index (κ2) is 5.50. The van der Waals surface area contributed by atoms with Crippen LogP contribution in [0.5, 0.6) is 0 Å². The van der Waals surface area contributed by atoms with E-state index in [2.05, 4.69) is 6.92 Å². The fourth-order valence-electron chi connectivity index (χ4n) is 1.57. The Morgan fingerprint density at radius 2 is 2.00 bits per heavy atom. The predicted octanol–water partition coefficient (Wildman–Crippen LogP) is 2.82. The minimum atomic E-state index is -4.15. The van der Waals surface area contributed by atoms with E-state index in [1.807, 2.05) is 6.92 Å². The van der Waals surface area contributed by atoms with Crippen molar-refractivity contribution in [2.75, 3.05) is 0 Å². The van der Waals surface area contributed by atoms with Crippen LogP contribution < -0.4 is 0 Å². The summed E-state index contributed by atoms with van der Waals surface area (Å²) in [5.74, 6) is 0.979. The number of hydrogen-bond donors (Lipinski definition) is 1. The van der Waals surface area contributed by atoms with Gasteiger partial charge < -0.3 is 4.42 Å².